The Balaban J connectivity index is 2.22. The van der Waals surface area contributed by atoms with Crippen molar-refractivity contribution in [3.8, 4) is 0 Å². The summed E-state index contributed by atoms with van der Waals surface area (Å²) < 4.78 is 5.66. The van der Waals surface area contributed by atoms with Gasteiger partial charge in [0.15, 0.2) is 0 Å². The van der Waals surface area contributed by atoms with Gasteiger partial charge in [0, 0.05) is 13.1 Å². The van der Waals surface area contributed by atoms with Gasteiger partial charge >= 0.3 is 0 Å². The number of anilines is 2. The third-order valence-electron chi connectivity index (χ3n) is 2.70. The minimum absolute atomic E-state index is 0.180. The summed E-state index contributed by atoms with van der Waals surface area (Å²) in [5.74, 6) is -0.465. The zero-order valence-electron chi connectivity index (χ0n) is 9.97. The second-order valence-corrected chi connectivity index (χ2v) is 5.43. The van der Waals surface area contributed by atoms with E-state index in [-0.39, 0.29) is 12.2 Å². The topological polar surface area (TPSA) is 81.6 Å². The highest BCUT2D eigenvalue weighted by atomic mass is 32.1. The standard InChI is InChI=1S/C11H17N3O2S/c1-6-4-14(5-7(2)16-6)9-3-8(12)10(17-9)11(13)15/h3,6-7H,4-5,12H2,1-2H3,(H2,13,15). The Labute approximate surface area is 104 Å². The van der Waals surface area contributed by atoms with E-state index in [0.717, 1.165) is 18.1 Å². The molecular formula is C11H17N3O2S. The molecule has 4 N–H and O–H groups in total. The molecule has 1 aliphatic heterocycles. The SMILES string of the molecule is CC1CN(c2cc(N)c(C(N)=O)s2)CC(C)O1. The molecule has 94 valence electrons. The summed E-state index contributed by atoms with van der Waals surface area (Å²) in [6, 6.07) is 1.82. The molecule has 2 unspecified atom stereocenters. The second-order valence-electron chi connectivity index (χ2n) is 4.40. The molecule has 2 atom stereocenters. The molecule has 0 bridgehead atoms. The van der Waals surface area contributed by atoms with Gasteiger partial charge < -0.3 is 21.1 Å². The second kappa shape index (κ2) is 4.54. The Hall–Kier alpha value is -1.27. The van der Waals surface area contributed by atoms with E-state index in [0.29, 0.717) is 10.6 Å². The molecule has 1 amide bonds. The first kappa shape index (κ1) is 12.2. The normalized spacial score (nSPS) is 24.9. The van der Waals surface area contributed by atoms with Crippen molar-refractivity contribution >= 4 is 27.9 Å². The summed E-state index contributed by atoms with van der Waals surface area (Å²) in [6.45, 7) is 5.69. The third-order valence-corrected chi connectivity index (χ3v) is 3.93. The highest BCUT2D eigenvalue weighted by Crippen LogP contribution is 2.33. The van der Waals surface area contributed by atoms with Crippen LogP contribution in [0.2, 0.25) is 0 Å². The molecule has 1 aromatic heterocycles. The van der Waals surface area contributed by atoms with Gasteiger partial charge in [-0.3, -0.25) is 4.79 Å². The van der Waals surface area contributed by atoms with E-state index in [1.165, 1.54) is 11.3 Å². The van der Waals surface area contributed by atoms with Crippen molar-refractivity contribution < 1.29 is 9.53 Å². The lowest BCUT2D eigenvalue weighted by Gasteiger charge is -2.35. The van der Waals surface area contributed by atoms with Crippen LogP contribution in [-0.2, 0) is 4.74 Å². The van der Waals surface area contributed by atoms with Crippen molar-refractivity contribution in [2.75, 3.05) is 23.7 Å². The third kappa shape index (κ3) is 2.53. The maximum atomic E-state index is 11.2. The lowest BCUT2D eigenvalue weighted by molar-refractivity contribution is -0.00500. The monoisotopic (exact) mass is 255 g/mol. The van der Waals surface area contributed by atoms with Crippen molar-refractivity contribution in [2.24, 2.45) is 5.73 Å². The number of morpholine rings is 1. The molecule has 1 fully saturated rings. The summed E-state index contributed by atoms with van der Waals surface area (Å²) in [4.78, 5) is 13.8. The van der Waals surface area contributed by atoms with Crippen LogP contribution in [0.15, 0.2) is 6.07 Å². The quantitative estimate of drug-likeness (QED) is 0.827. The number of rotatable bonds is 2. The van der Waals surface area contributed by atoms with Crippen LogP contribution in [0.5, 0.6) is 0 Å². The minimum atomic E-state index is -0.465. The predicted octanol–water partition coefficient (Wildman–Crippen LogP) is 1.04. The van der Waals surface area contributed by atoms with E-state index in [4.69, 9.17) is 16.2 Å². The molecule has 0 aromatic carbocycles. The first-order valence-corrected chi connectivity index (χ1v) is 6.38. The number of primary amides is 1. The van der Waals surface area contributed by atoms with Gasteiger partial charge in [-0.05, 0) is 19.9 Å². The van der Waals surface area contributed by atoms with Gasteiger partial charge in [0.25, 0.3) is 5.91 Å². The van der Waals surface area contributed by atoms with E-state index in [2.05, 4.69) is 4.90 Å². The lowest BCUT2D eigenvalue weighted by Crippen LogP contribution is -2.45. The first-order chi connectivity index (χ1) is 7.97. The van der Waals surface area contributed by atoms with Gasteiger partial charge in [-0.25, -0.2) is 0 Å². The average Bonchev–Trinajstić information content (AvgIpc) is 2.59. The summed E-state index contributed by atoms with van der Waals surface area (Å²) in [5.41, 5.74) is 11.5. The minimum Gasteiger partial charge on any atom is -0.397 e. The Bertz CT molecular complexity index is 422. The molecule has 0 aliphatic carbocycles. The number of ether oxygens (including phenoxy) is 1. The van der Waals surface area contributed by atoms with Gasteiger partial charge in [0.05, 0.1) is 22.9 Å². The number of nitrogens with zero attached hydrogens (tertiary/aromatic N) is 1. The van der Waals surface area contributed by atoms with Crippen LogP contribution in [0.25, 0.3) is 0 Å². The molecule has 1 saturated heterocycles. The van der Waals surface area contributed by atoms with Gasteiger partial charge in [-0.2, -0.15) is 0 Å². The van der Waals surface area contributed by atoms with Gasteiger partial charge in [-0.1, -0.05) is 0 Å². The molecule has 0 spiro atoms. The molecule has 0 saturated carbocycles. The fourth-order valence-electron chi connectivity index (χ4n) is 2.10. The average molecular weight is 255 g/mol. The summed E-state index contributed by atoms with van der Waals surface area (Å²) >= 11 is 1.35. The number of nitrogen functional groups attached to an aromatic ring is 1. The van der Waals surface area contributed by atoms with Crippen LogP contribution < -0.4 is 16.4 Å². The molecule has 6 heteroatoms. The Morgan fingerprint density at radius 1 is 1.47 bits per heavy atom. The molecule has 2 rings (SSSR count). The van der Waals surface area contributed by atoms with Crippen LogP contribution in [0.3, 0.4) is 0 Å². The van der Waals surface area contributed by atoms with E-state index < -0.39 is 5.91 Å². The zero-order valence-corrected chi connectivity index (χ0v) is 10.8. The molecule has 2 heterocycles. The maximum absolute atomic E-state index is 11.2. The van der Waals surface area contributed by atoms with Crippen LogP contribution in [0.1, 0.15) is 23.5 Å². The molecule has 1 aromatic rings. The van der Waals surface area contributed by atoms with Crippen LogP contribution >= 0.6 is 11.3 Å². The zero-order chi connectivity index (χ0) is 12.6. The van der Waals surface area contributed by atoms with Crippen molar-refractivity contribution in [2.45, 2.75) is 26.1 Å². The van der Waals surface area contributed by atoms with E-state index in [1.807, 2.05) is 19.9 Å². The van der Waals surface area contributed by atoms with E-state index >= 15 is 0 Å². The molecular weight excluding hydrogens is 238 g/mol. The van der Waals surface area contributed by atoms with Crippen molar-refractivity contribution in [3.63, 3.8) is 0 Å². The fraction of sp³-hybridized carbons (Fsp3) is 0.545. The number of hydrogen-bond donors (Lipinski definition) is 2. The molecule has 1 aliphatic rings. The molecule has 0 radical (unpaired) electrons. The lowest BCUT2D eigenvalue weighted by atomic mass is 10.2. The number of nitrogens with two attached hydrogens (primary N) is 2. The van der Waals surface area contributed by atoms with Crippen LogP contribution in [-0.4, -0.2) is 31.2 Å². The van der Waals surface area contributed by atoms with Crippen molar-refractivity contribution in [1.29, 1.82) is 0 Å². The molecule has 17 heavy (non-hydrogen) atoms. The summed E-state index contributed by atoms with van der Waals surface area (Å²) in [6.07, 6.45) is 0.359. The van der Waals surface area contributed by atoms with Crippen molar-refractivity contribution in [3.05, 3.63) is 10.9 Å². The number of carbonyl (C=O) groups excluding carboxylic acids is 1. The smallest absolute Gasteiger partial charge is 0.260 e. The van der Waals surface area contributed by atoms with Gasteiger partial charge in [-0.15, -0.1) is 11.3 Å². The number of amides is 1. The van der Waals surface area contributed by atoms with Gasteiger partial charge in [0.2, 0.25) is 0 Å². The summed E-state index contributed by atoms with van der Waals surface area (Å²) in [5, 5.41) is 0.985. The van der Waals surface area contributed by atoms with Crippen LogP contribution in [0.4, 0.5) is 10.7 Å². The highest BCUT2D eigenvalue weighted by molar-refractivity contribution is 7.18. The van der Waals surface area contributed by atoms with Gasteiger partial charge in [0.1, 0.15) is 4.88 Å². The first-order valence-electron chi connectivity index (χ1n) is 5.57. The Kier molecular flexibility index (Phi) is 3.26. The number of thiophene rings is 1. The molecule has 5 nitrogen and oxygen atoms in total. The highest BCUT2D eigenvalue weighted by Gasteiger charge is 2.24. The van der Waals surface area contributed by atoms with Crippen molar-refractivity contribution in [1.82, 2.24) is 0 Å². The van der Waals surface area contributed by atoms with E-state index in [9.17, 15) is 4.79 Å². The Morgan fingerprint density at radius 2 is 2.06 bits per heavy atom. The maximum Gasteiger partial charge on any atom is 0.260 e. The largest absolute Gasteiger partial charge is 0.397 e. The summed E-state index contributed by atoms with van der Waals surface area (Å²) in [7, 11) is 0. The fourth-order valence-corrected chi connectivity index (χ4v) is 3.05. The number of hydrogen-bond acceptors (Lipinski definition) is 5. The van der Waals surface area contributed by atoms with E-state index in [1.54, 1.807) is 0 Å². The Morgan fingerprint density at radius 3 is 2.53 bits per heavy atom. The number of carbonyl (C=O) groups is 1. The predicted molar refractivity (Wildman–Crippen MR) is 69.5 cm³/mol. The van der Waals surface area contributed by atoms with Crippen LogP contribution in [0, 0.1) is 0 Å².